The Kier molecular flexibility index (Phi) is 4.10. The van der Waals surface area contributed by atoms with Crippen molar-refractivity contribution < 1.29 is 5.11 Å². The molecule has 1 aliphatic heterocycles. The molecule has 17 heavy (non-hydrogen) atoms. The Morgan fingerprint density at radius 2 is 2.47 bits per heavy atom. The molecule has 0 saturated carbocycles. The average molecular weight is 235 g/mol. The second-order valence-corrected chi connectivity index (χ2v) is 4.87. The molecule has 1 fully saturated rings. The van der Waals surface area contributed by atoms with Crippen molar-refractivity contribution in [1.29, 1.82) is 0 Å². The number of piperidine rings is 1. The third-order valence-corrected chi connectivity index (χ3v) is 3.62. The normalized spacial score (nSPS) is 27.9. The van der Waals surface area contributed by atoms with Crippen molar-refractivity contribution >= 4 is 0 Å². The maximum atomic E-state index is 9.75. The summed E-state index contributed by atoms with van der Waals surface area (Å²) < 4.78 is 0. The Balaban J connectivity index is 2.09. The first-order valence-electron chi connectivity index (χ1n) is 6.24. The summed E-state index contributed by atoms with van der Waals surface area (Å²) in [5, 5.41) is 9.75. The van der Waals surface area contributed by atoms with E-state index in [0.717, 1.165) is 19.5 Å². The second kappa shape index (κ2) is 5.58. The van der Waals surface area contributed by atoms with Gasteiger partial charge in [-0.05, 0) is 24.0 Å². The van der Waals surface area contributed by atoms with Gasteiger partial charge in [0.1, 0.15) is 0 Å². The molecule has 0 aromatic carbocycles. The first kappa shape index (κ1) is 12.5. The van der Waals surface area contributed by atoms with E-state index in [-0.39, 0.29) is 12.1 Å². The monoisotopic (exact) mass is 235 g/mol. The highest BCUT2D eigenvalue weighted by molar-refractivity contribution is 5.14. The fourth-order valence-corrected chi connectivity index (χ4v) is 2.52. The molecule has 4 nitrogen and oxygen atoms in total. The van der Waals surface area contributed by atoms with Crippen LogP contribution in [0.1, 0.15) is 24.9 Å². The maximum Gasteiger partial charge on any atom is 0.0590 e. The molecule has 1 aliphatic rings. The Hall–Kier alpha value is -0.970. The third kappa shape index (κ3) is 2.83. The molecule has 1 saturated heterocycles. The van der Waals surface area contributed by atoms with Gasteiger partial charge in [-0.25, -0.2) is 0 Å². The van der Waals surface area contributed by atoms with E-state index in [1.165, 1.54) is 5.56 Å². The largest absolute Gasteiger partial charge is 0.393 e. The zero-order chi connectivity index (χ0) is 12.3. The van der Waals surface area contributed by atoms with Gasteiger partial charge in [-0.2, -0.15) is 0 Å². The van der Waals surface area contributed by atoms with Crippen LogP contribution >= 0.6 is 0 Å². The number of aliphatic hydroxyl groups excluding tert-OH is 1. The Bertz CT molecular complexity index is 344. The third-order valence-electron chi connectivity index (χ3n) is 3.62. The standard InChI is InChI=1S/C13H21N3O/c1-10-9-16(6-4-13(10)17)12(7-14)11-3-2-5-15-8-11/h2-3,5,8,10,12-13,17H,4,6-7,9,14H2,1H3. The first-order chi connectivity index (χ1) is 8.22. The van der Waals surface area contributed by atoms with Crippen LogP contribution in [-0.2, 0) is 0 Å². The smallest absolute Gasteiger partial charge is 0.0590 e. The molecule has 3 unspecified atom stereocenters. The van der Waals surface area contributed by atoms with Crippen LogP contribution in [0.2, 0.25) is 0 Å². The Morgan fingerprint density at radius 3 is 3.06 bits per heavy atom. The zero-order valence-corrected chi connectivity index (χ0v) is 10.3. The number of nitrogens with zero attached hydrogens (tertiary/aromatic N) is 2. The molecule has 94 valence electrons. The van der Waals surface area contributed by atoms with Crippen LogP contribution in [0.5, 0.6) is 0 Å². The average Bonchev–Trinajstić information content (AvgIpc) is 2.36. The van der Waals surface area contributed by atoms with Crippen molar-refractivity contribution in [2.75, 3.05) is 19.6 Å². The van der Waals surface area contributed by atoms with E-state index in [1.54, 1.807) is 6.20 Å². The molecule has 1 aromatic heterocycles. The van der Waals surface area contributed by atoms with Gasteiger partial charge in [0.15, 0.2) is 0 Å². The SMILES string of the molecule is CC1CN(C(CN)c2cccnc2)CCC1O. The van der Waals surface area contributed by atoms with Crippen LogP contribution in [0.3, 0.4) is 0 Å². The Labute approximate surface area is 102 Å². The molecule has 0 aliphatic carbocycles. The zero-order valence-electron chi connectivity index (χ0n) is 10.3. The molecule has 1 aromatic rings. The summed E-state index contributed by atoms with van der Waals surface area (Å²) in [4.78, 5) is 6.51. The van der Waals surface area contributed by atoms with Gasteiger partial charge in [0.05, 0.1) is 6.10 Å². The highest BCUT2D eigenvalue weighted by atomic mass is 16.3. The van der Waals surface area contributed by atoms with Gasteiger partial charge >= 0.3 is 0 Å². The summed E-state index contributed by atoms with van der Waals surface area (Å²) in [6.45, 7) is 4.49. The van der Waals surface area contributed by atoms with Crippen LogP contribution in [0.15, 0.2) is 24.5 Å². The molecular weight excluding hydrogens is 214 g/mol. The summed E-state index contributed by atoms with van der Waals surface area (Å²) >= 11 is 0. The number of likely N-dealkylation sites (tertiary alicyclic amines) is 1. The number of hydrogen-bond donors (Lipinski definition) is 2. The van der Waals surface area contributed by atoms with E-state index in [1.807, 2.05) is 12.3 Å². The summed E-state index contributed by atoms with van der Waals surface area (Å²) in [5.74, 6) is 0.314. The summed E-state index contributed by atoms with van der Waals surface area (Å²) in [7, 11) is 0. The molecule has 0 bridgehead atoms. The van der Waals surface area contributed by atoms with Crippen molar-refractivity contribution in [3.63, 3.8) is 0 Å². The van der Waals surface area contributed by atoms with Crippen molar-refractivity contribution in [2.45, 2.75) is 25.5 Å². The summed E-state index contributed by atoms with van der Waals surface area (Å²) in [5.41, 5.74) is 7.05. The number of aliphatic hydroxyl groups is 1. The molecule has 2 heterocycles. The minimum absolute atomic E-state index is 0.168. The quantitative estimate of drug-likeness (QED) is 0.813. The lowest BCUT2D eigenvalue weighted by molar-refractivity contribution is 0.0181. The van der Waals surface area contributed by atoms with Crippen LogP contribution in [0, 0.1) is 5.92 Å². The van der Waals surface area contributed by atoms with Crippen molar-refractivity contribution in [2.24, 2.45) is 11.7 Å². The van der Waals surface area contributed by atoms with Gasteiger partial charge < -0.3 is 10.8 Å². The minimum Gasteiger partial charge on any atom is -0.393 e. The predicted molar refractivity (Wildman–Crippen MR) is 67.4 cm³/mol. The summed E-state index contributed by atoms with van der Waals surface area (Å²) in [6, 6.07) is 4.24. The lowest BCUT2D eigenvalue weighted by atomic mass is 9.94. The molecule has 0 radical (unpaired) electrons. The van der Waals surface area contributed by atoms with Gasteiger partial charge in [0.25, 0.3) is 0 Å². The van der Waals surface area contributed by atoms with E-state index in [4.69, 9.17) is 5.73 Å². The molecule has 4 heteroatoms. The topological polar surface area (TPSA) is 62.4 Å². The van der Waals surface area contributed by atoms with E-state index < -0.39 is 0 Å². The van der Waals surface area contributed by atoms with E-state index in [0.29, 0.717) is 12.5 Å². The van der Waals surface area contributed by atoms with Gasteiger partial charge in [-0.1, -0.05) is 13.0 Å². The molecule has 0 spiro atoms. The fraction of sp³-hybridized carbons (Fsp3) is 0.615. The van der Waals surface area contributed by atoms with Crippen LogP contribution in [0.25, 0.3) is 0 Å². The number of nitrogens with two attached hydrogens (primary N) is 1. The predicted octanol–water partition coefficient (Wildman–Crippen LogP) is 0.784. The molecule has 3 atom stereocenters. The highest BCUT2D eigenvalue weighted by Crippen LogP contribution is 2.25. The fourth-order valence-electron chi connectivity index (χ4n) is 2.52. The lowest BCUT2D eigenvalue weighted by Gasteiger charge is -2.39. The van der Waals surface area contributed by atoms with Crippen molar-refractivity contribution in [3.05, 3.63) is 30.1 Å². The number of hydrogen-bond acceptors (Lipinski definition) is 4. The molecule has 3 N–H and O–H groups in total. The van der Waals surface area contributed by atoms with E-state index in [9.17, 15) is 5.11 Å². The maximum absolute atomic E-state index is 9.75. The number of rotatable bonds is 3. The summed E-state index contributed by atoms with van der Waals surface area (Å²) in [6.07, 6.45) is 4.32. The van der Waals surface area contributed by atoms with Crippen molar-refractivity contribution in [3.8, 4) is 0 Å². The highest BCUT2D eigenvalue weighted by Gasteiger charge is 2.28. The van der Waals surface area contributed by atoms with Crippen LogP contribution in [-0.4, -0.2) is 40.7 Å². The van der Waals surface area contributed by atoms with Crippen LogP contribution < -0.4 is 5.73 Å². The van der Waals surface area contributed by atoms with Gasteiger partial charge in [0.2, 0.25) is 0 Å². The molecule has 0 amide bonds. The lowest BCUT2D eigenvalue weighted by Crippen LogP contribution is -2.45. The molecular formula is C13H21N3O. The number of pyridine rings is 1. The van der Waals surface area contributed by atoms with Crippen LogP contribution in [0.4, 0.5) is 0 Å². The minimum atomic E-state index is -0.168. The molecule has 2 rings (SSSR count). The number of aromatic nitrogens is 1. The van der Waals surface area contributed by atoms with Gasteiger partial charge in [-0.15, -0.1) is 0 Å². The second-order valence-electron chi connectivity index (χ2n) is 4.87. The Morgan fingerprint density at radius 1 is 1.65 bits per heavy atom. The van der Waals surface area contributed by atoms with Gasteiger partial charge in [-0.3, -0.25) is 9.88 Å². The van der Waals surface area contributed by atoms with Crippen molar-refractivity contribution in [1.82, 2.24) is 9.88 Å². The van der Waals surface area contributed by atoms with Gasteiger partial charge in [0, 0.05) is 38.1 Å². The van der Waals surface area contributed by atoms with E-state index >= 15 is 0 Å². The van der Waals surface area contributed by atoms with E-state index in [2.05, 4.69) is 22.9 Å². The first-order valence-corrected chi connectivity index (χ1v) is 6.24.